The van der Waals surface area contributed by atoms with Gasteiger partial charge in [-0.15, -0.1) is 11.3 Å². The Balaban J connectivity index is 2.39. The van der Waals surface area contributed by atoms with Crippen LogP contribution in [0.15, 0.2) is 24.3 Å². The molecule has 0 spiro atoms. The fraction of sp³-hybridized carbons (Fsp3) is 0.167. The molecule has 0 nitrogen and oxygen atoms in total. The van der Waals surface area contributed by atoms with Crippen LogP contribution in [-0.2, 0) is 6.42 Å². The molecule has 0 N–H and O–H groups in total. The number of rotatable bonds is 0. The van der Waals surface area contributed by atoms with Crippen LogP contribution in [0.2, 0.25) is 0 Å². The van der Waals surface area contributed by atoms with E-state index in [9.17, 15) is 0 Å². The van der Waals surface area contributed by atoms with Crippen LogP contribution >= 0.6 is 11.3 Å². The van der Waals surface area contributed by atoms with Gasteiger partial charge in [-0.25, -0.2) is 0 Å². The van der Waals surface area contributed by atoms with Crippen LogP contribution in [0.4, 0.5) is 0 Å². The topological polar surface area (TPSA) is 0 Å². The molecule has 3 rings (SSSR count). The first-order chi connectivity index (χ1) is 6.84. The van der Waals surface area contributed by atoms with Crippen molar-refractivity contribution in [2.75, 3.05) is 0 Å². The van der Waals surface area contributed by atoms with Crippen molar-refractivity contribution in [2.45, 2.75) is 12.8 Å². The van der Waals surface area contributed by atoms with E-state index in [2.05, 4.69) is 38.2 Å². The van der Waals surface area contributed by atoms with Crippen molar-refractivity contribution in [3.63, 3.8) is 0 Å². The molecular formula is C12H11BS. The standard InChI is InChI=1S/C12H11BS/c13-8-5-6-12-10(7-8)9-3-1-2-4-11(9)14-12/h1,3,5-7H,2,4,13H2. The van der Waals surface area contributed by atoms with E-state index in [4.69, 9.17) is 0 Å². The lowest BCUT2D eigenvalue weighted by molar-refractivity contribution is 1.02. The summed E-state index contributed by atoms with van der Waals surface area (Å²) in [4.78, 5) is 1.56. The summed E-state index contributed by atoms with van der Waals surface area (Å²) >= 11 is 1.96. The first kappa shape index (κ1) is 8.31. The van der Waals surface area contributed by atoms with Gasteiger partial charge in [-0.2, -0.15) is 0 Å². The first-order valence-corrected chi connectivity index (χ1v) is 5.85. The molecular weight excluding hydrogens is 187 g/mol. The van der Waals surface area contributed by atoms with Gasteiger partial charge in [-0.1, -0.05) is 29.7 Å². The molecule has 0 saturated heterocycles. The predicted octanol–water partition coefficient (Wildman–Crippen LogP) is 2.12. The molecule has 2 aromatic rings. The molecule has 0 unspecified atom stereocenters. The lowest BCUT2D eigenvalue weighted by atomic mass is 9.93. The summed E-state index contributed by atoms with van der Waals surface area (Å²) in [6, 6.07) is 6.76. The Morgan fingerprint density at radius 3 is 3.14 bits per heavy atom. The van der Waals surface area contributed by atoms with Gasteiger partial charge in [0, 0.05) is 9.58 Å². The minimum Gasteiger partial charge on any atom is -0.140 e. The Hall–Kier alpha value is -1.02. The molecule has 1 aliphatic rings. The highest BCUT2D eigenvalue weighted by molar-refractivity contribution is 7.19. The van der Waals surface area contributed by atoms with Gasteiger partial charge in [0.25, 0.3) is 0 Å². The van der Waals surface area contributed by atoms with Crippen molar-refractivity contribution in [3.8, 4) is 0 Å². The number of hydrogen-bond acceptors (Lipinski definition) is 1. The Kier molecular flexibility index (Phi) is 1.78. The second-order valence-electron chi connectivity index (χ2n) is 3.88. The summed E-state index contributed by atoms with van der Waals surface area (Å²) in [6.07, 6.45) is 7.01. The van der Waals surface area contributed by atoms with Crippen LogP contribution in [0.25, 0.3) is 16.2 Å². The van der Waals surface area contributed by atoms with Gasteiger partial charge < -0.3 is 0 Å². The maximum atomic E-state index is 2.31. The second kappa shape index (κ2) is 2.99. The third kappa shape index (κ3) is 1.14. The highest BCUT2D eigenvalue weighted by Gasteiger charge is 2.11. The monoisotopic (exact) mass is 198 g/mol. The van der Waals surface area contributed by atoms with Crippen LogP contribution in [0.1, 0.15) is 16.9 Å². The lowest BCUT2D eigenvalue weighted by Gasteiger charge is -2.03. The average Bonchev–Trinajstić information content (AvgIpc) is 2.56. The summed E-state index contributed by atoms with van der Waals surface area (Å²) in [5.74, 6) is 0. The number of fused-ring (bicyclic) bond motifs is 3. The van der Waals surface area contributed by atoms with Gasteiger partial charge in [0.2, 0.25) is 0 Å². The summed E-state index contributed by atoms with van der Waals surface area (Å²) in [5.41, 5.74) is 2.83. The highest BCUT2D eigenvalue weighted by atomic mass is 32.1. The highest BCUT2D eigenvalue weighted by Crippen LogP contribution is 2.34. The number of aryl methyl sites for hydroxylation is 1. The number of hydrogen-bond donors (Lipinski definition) is 0. The zero-order chi connectivity index (χ0) is 9.54. The predicted molar refractivity (Wildman–Crippen MR) is 67.4 cm³/mol. The Morgan fingerprint density at radius 2 is 2.21 bits per heavy atom. The minimum atomic E-state index is 1.21. The SMILES string of the molecule is Bc1ccc2sc3c(c2c1)C=CCC3. The Morgan fingerprint density at radius 1 is 1.29 bits per heavy atom. The van der Waals surface area contributed by atoms with Crippen LogP contribution in [0, 0.1) is 0 Å². The molecule has 1 aromatic carbocycles. The molecule has 2 heteroatoms. The fourth-order valence-electron chi connectivity index (χ4n) is 2.07. The van der Waals surface area contributed by atoms with Gasteiger partial charge >= 0.3 is 0 Å². The third-order valence-electron chi connectivity index (χ3n) is 2.78. The molecule has 1 aromatic heterocycles. The maximum absolute atomic E-state index is 2.31. The van der Waals surface area contributed by atoms with Crippen molar-refractivity contribution in [1.29, 1.82) is 0 Å². The van der Waals surface area contributed by atoms with E-state index in [0.29, 0.717) is 0 Å². The van der Waals surface area contributed by atoms with E-state index in [1.54, 1.807) is 4.88 Å². The normalized spacial score (nSPS) is 14.6. The van der Waals surface area contributed by atoms with Crippen LogP contribution in [0.5, 0.6) is 0 Å². The summed E-state index contributed by atoms with van der Waals surface area (Å²) in [5, 5.41) is 1.45. The molecule has 0 saturated carbocycles. The summed E-state index contributed by atoms with van der Waals surface area (Å²) < 4.78 is 1.44. The largest absolute Gasteiger partial charge is 0.140 e. The summed E-state index contributed by atoms with van der Waals surface area (Å²) in [6.45, 7) is 0. The smallest absolute Gasteiger partial charge is 0.139 e. The molecule has 0 bridgehead atoms. The van der Waals surface area contributed by atoms with E-state index in [1.807, 2.05) is 11.3 Å². The van der Waals surface area contributed by atoms with Crippen molar-refractivity contribution in [3.05, 3.63) is 34.7 Å². The van der Waals surface area contributed by atoms with E-state index in [-0.39, 0.29) is 0 Å². The summed E-state index contributed by atoms with van der Waals surface area (Å²) in [7, 11) is 2.16. The zero-order valence-corrected chi connectivity index (χ0v) is 9.03. The Bertz CT molecular complexity index is 522. The van der Waals surface area contributed by atoms with E-state index in [1.165, 1.54) is 34.0 Å². The number of thiophene rings is 1. The zero-order valence-electron chi connectivity index (χ0n) is 8.21. The fourth-order valence-corrected chi connectivity index (χ4v) is 3.25. The molecule has 0 amide bonds. The van der Waals surface area contributed by atoms with Crippen molar-refractivity contribution in [1.82, 2.24) is 0 Å². The van der Waals surface area contributed by atoms with E-state index < -0.39 is 0 Å². The molecule has 0 atom stereocenters. The number of allylic oxidation sites excluding steroid dienone is 1. The van der Waals surface area contributed by atoms with Gasteiger partial charge in [0.1, 0.15) is 7.85 Å². The lowest BCUT2D eigenvalue weighted by Crippen LogP contribution is -1.99. The van der Waals surface area contributed by atoms with Crippen LogP contribution in [0.3, 0.4) is 0 Å². The van der Waals surface area contributed by atoms with Gasteiger partial charge in [0.15, 0.2) is 0 Å². The van der Waals surface area contributed by atoms with Crippen molar-refractivity contribution >= 4 is 40.8 Å². The first-order valence-electron chi connectivity index (χ1n) is 5.03. The molecule has 0 aliphatic heterocycles. The van der Waals surface area contributed by atoms with Crippen molar-refractivity contribution in [2.24, 2.45) is 0 Å². The average molecular weight is 198 g/mol. The molecule has 1 aliphatic carbocycles. The van der Waals surface area contributed by atoms with Gasteiger partial charge in [-0.05, 0) is 29.9 Å². The second-order valence-corrected chi connectivity index (χ2v) is 5.02. The molecule has 14 heavy (non-hydrogen) atoms. The number of benzene rings is 1. The quantitative estimate of drug-likeness (QED) is 0.569. The van der Waals surface area contributed by atoms with E-state index in [0.717, 1.165) is 0 Å². The van der Waals surface area contributed by atoms with E-state index >= 15 is 0 Å². The van der Waals surface area contributed by atoms with Crippen molar-refractivity contribution < 1.29 is 0 Å². The van der Waals surface area contributed by atoms with Crippen LogP contribution < -0.4 is 5.46 Å². The molecule has 0 radical (unpaired) electrons. The third-order valence-corrected chi connectivity index (χ3v) is 4.03. The van der Waals surface area contributed by atoms with Gasteiger partial charge in [0.05, 0.1) is 0 Å². The molecule has 68 valence electrons. The van der Waals surface area contributed by atoms with Gasteiger partial charge in [-0.3, -0.25) is 0 Å². The van der Waals surface area contributed by atoms with Crippen LogP contribution in [-0.4, -0.2) is 7.85 Å². The maximum Gasteiger partial charge on any atom is 0.139 e. The molecule has 1 heterocycles. The Labute approximate surface area is 88.7 Å². The minimum absolute atomic E-state index is 1.21. The molecule has 0 fully saturated rings.